The molecule has 3 N–H and O–H groups in total. The number of anilines is 2. The molecule has 1 aliphatic rings. The van der Waals surface area contributed by atoms with Crippen molar-refractivity contribution in [3.8, 4) is 0 Å². The van der Waals surface area contributed by atoms with Gasteiger partial charge in [0, 0.05) is 5.92 Å². The van der Waals surface area contributed by atoms with E-state index >= 15 is 0 Å². The molecular weight excluding hydrogens is 262 g/mol. The Kier molecular flexibility index (Phi) is 3.28. The van der Waals surface area contributed by atoms with Gasteiger partial charge in [-0.3, -0.25) is 16.2 Å². The Labute approximate surface area is 114 Å². The SMILES string of the molecule is O=C(NNc1ccccc1)Nc1nnc(C2CC2)s1. The molecule has 98 valence electrons. The van der Waals surface area contributed by atoms with Crippen molar-refractivity contribution in [1.29, 1.82) is 0 Å². The number of benzene rings is 1. The molecule has 0 saturated heterocycles. The van der Waals surface area contributed by atoms with Crippen molar-refractivity contribution in [1.82, 2.24) is 15.6 Å². The lowest BCUT2D eigenvalue weighted by molar-refractivity contribution is 0.254. The molecule has 0 radical (unpaired) electrons. The second-order valence-corrected chi connectivity index (χ2v) is 5.30. The van der Waals surface area contributed by atoms with Gasteiger partial charge in [0.1, 0.15) is 5.01 Å². The molecule has 1 heterocycles. The summed E-state index contributed by atoms with van der Waals surface area (Å²) >= 11 is 1.43. The van der Waals surface area contributed by atoms with Crippen LogP contribution in [-0.4, -0.2) is 16.2 Å². The Morgan fingerprint density at radius 2 is 2.00 bits per heavy atom. The lowest BCUT2D eigenvalue weighted by Crippen LogP contribution is -2.33. The molecule has 3 rings (SSSR count). The van der Waals surface area contributed by atoms with Crippen molar-refractivity contribution in [3.05, 3.63) is 35.3 Å². The lowest BCUT2D eigenvalue weighted by Gasteiger charge is -2.07. The first-order chi connectivity index (χ1) is 9.31. The van der Waals surface area contributed by atoms with Crippen LogP contribution < -0.4 is 16.2 Å². The van der Waals surface area contributed by atoms with E-state index in [4.69, 9.17) is 0 Å². The molecule has 0 spiro atoms. The van der Waals surface area contributed by atoms with Gasteiger partial charge in [0.2, 0.25) is 5.13 Å². The molecule has 2 aromatic rings. The maximum absolute atomic E-state index is 11.6. The van der Waals surface area contributed by atoms with Crippen LogP contribution in [0.2, 0.25) is 0 Å². The molecule has 7 heteroatoms. The van der Waals surface area contributed by atoms with Crippen molar-refractivity contribution < 1.29 is 4.79 Å². The molecule has 6 nitrogen and oxygen atoms in total. The number of nitrogens with zero attached hydrogens (tertiary/aromatic N) is 2. The van der Waals surface area contributed by atoms with Gasteiger partial charge in [-0.25, -0.2) is 4.79 Å². The maximum atomic E-state index is 11.6. The Balaban J connectivity index is 1.50. The average molecular weight is 275 g/mol. The molecule has 0 unspecified atom stereocenters. The van der Waals surface area contributed by atoms with E-state index in [0.29, 0.717) is 11.0 Å². The molecule has 1 aromatic carbocycles. The molecule has 2 amide bonds. The third-order valence-corrected chi connectivity index (χ3v) is 3.68. The van der Waals surface area contributed by atoms with E-state index in [1.807, 2.05) is 30.3 Å². The van der Waals surface area contributed by atoms with Gasteiger partial charge in [0.25, 0.3) is 0 Å². The van der Waals surface area contributed by atoms with Crippen LogP contribution in [0.1, 0.15) is 23.8 Å². The number of amides is 2. The Morgan fingerprint density at radius 3 is 2.74 bits per heavy atom. The molecule has 0 atom stereocenters. The van der Waals surface area contributed by atoms with Crippen LogP contribution in [0.15, 0.2) is 30.3 Å². The summed E-state index contributed by atoms with van der Waals surface area (Å²) in [5.74, 6) is 0.554. The summed E-state index contributed by atoms with van der Waals surface area (Å²) < 4.78 is 0. The third kappa shape index (κ3) is 3.19. The van der Waals surface area contributed by atoms with Crippen LogP contribution in [0.5, 0.6) is 0 Å². The Bertz CT molecular complexity index is 567. The van der Waals surface area contributed by atoms with Gasteiger partial charge >= 0.3 is 6.03 Å². The Hall–Kier alpha value is -2.15. The van der Waals surface area contributed by atoms with Crippen LogP contribution in [0, 0.1) is 0 Å². The highest BCUT2D eigenvalue weighted by molar-refractivity contribution is 7.15. The highest BCUT2D eigenvalue weighted by atomic mass is 32.1. The minimum absolute atomic E-state index is 0.359. The molecule has 19 heavy (non-hydrogen) atoms. The van der Waals surface area contributed by atoms with Crippen molar-refractivity contribution in [2.45, 2.75) is 18.8 Å². The van der Waals surface area contributed by atoms with E-state index in [0.717, 1.165) is 10.7 Å². The lowest BCUT2D eigenvalue weighted by atomic mass is 10.3. The van der Waals surface area contributed by atoms with Crippen molar-refractivity contribution >= 4 is 28.2 Å². The molecule has 1 aromatic heterocycles. The zero-order valence-electron chi connectivity index (χ0n) is 10.1. The van der Waals surface area contributed by atoms with Gasteiger partial charge in [-0.2, -0.15) is 0 Å². The molecule has 1 aliphatic carbocycles. The maximum Gasteiger partial charge on any atom is 0.339 e. The number of urea groups is 1. The first kappa shape index (κ1) is 11.9. The highest BCUT2D eigenvalue weighted by Gasteiger charge is 2.27. The number of aromatic nitrogens is 2. The number of hydrogen-bond donors (Lipinski definition) is 3. The standard InChI is InChI=1S/C12H13N5OS/c18-11(16-14-9-4-2-1-3-5-9)13-12-17-15-10(19-12)8-6-7-8/h1-5,8,14H,6-7H2,(H2,13,16,17,18). The number of nitrogens with one attached hydrogen (secondary N) is 3. The van der Waals surface area contributed by atoms with E-state index in [1.165, 1.54) is 24.2 Å². The van der Waals surface area contributed by atoms with E-state index < -0.39 is 0 Å². The summed E-state index contributed by atoms with van der Waals surface area (Å²) in [5.41, 5.74) is 6.15. The predicted molar refractivity (Wildman–Crippen MR) is 74.1 cm³/mol. The summed E-state index contributed by atoms with van der Waals surface area (Å²) in [4.78, 5) is 11.6. The number of rotatable bonds is 4. The van der Waals surface area contributed by atoms with Gasteiger partial charge in [0.05, 0.1) is 5.69 Å². The number of carbonyl (C=O) groups is 1. The zero-order valence-corrected chi connectivity index (χ0v) is 10.9. The number of carbonyl (C=O) groups excluding carboxylic acids is 1. The quantitative estimate of drug-likeness (QED) is 0.749. The molecule has 1 saturated carbocycles. The van der Waals surface area contributed by atoms with E-state index in [-0.39, 0.29) is 6.03 Å². The molecule has 1 fully saturated rings. The van der Waals surface area contributed by atoms with Crippen molar-refractivity contribution in [3.63, 3.8) is 0 Å². The fourth-order valence-corrected chi connectivity index (χ4v) is 2.47. The van der Waals surface area contributed by atoms with Crippen LogP contribution in [-0.2, 0) is 0 Å². The van der Waals surface area contributed by atoms with Gasteiger partial charge in [-0.05, 0) is 25.0 Å². The summed E-state index contributed by atoms with van der Waals surface area (Å²) in [6.45, 7) is 0. The van der Waals surface area contributed by atoms with Gasteiger partial charge < -0.3 is 0 Å². The second-order valence-electron chi connectivity index (χ2n) is 4.29. The predicted octanol–water partition coefficient (Wildman–Crippen LogP) is 2.56. The fraction of sp³-hybridized carbons (Fsp3) is 0.250. The molecule has 0 aliphatic heterocycles. The summed E-state index contributed by atoms with van der Waals surface area (Å²) in [6, 6.07) is 9.03. The van der Waals surface area contributed by atoms with E-state index in [1.54, 1.807) is 0 Å². The van der Waals surface area contributed by atoms with Crippen molar-refractivity contribution in [2.24, 2.45) is 0 Å². The largest absolute Gasteiger partial charge is 0.339 e. The second kappa shape index (κ2) is 5.23. The number of hydrazine groups is 1. The average Bonchev–Trinajstić information content (AvgIpc) is 3.19. The smallest absolute Gasteiger partial charge is 0.297 e. The number of hydrogen-bond acceptors (Lipinski definition) is 5. The third-order valence-electron chi connectivity index (χ3n) is 2.68. The first-order valence-corrected chi connectivity index (χ1v) is 6.84. The van der Waals surface area contributed by atoms with Crippen molar-refractivity contribution in [2.75, 3.05) is 10.7 Å². The first-order valence-electron chi connectivity index (χ1n) is 6.03. The summed E-state index contributed by atoms with van der Waals surface area (Å²) in [7, 11) is 0. The molecule has 0 bridgehead atoms. The Morgan fingerprint density at radius 1 is 1.21 bits per heavy atom. The van der Waals surface area contributed by atoms with Crippen LogP contribution in [0.25, 0.3) is 0 Å². The minimum Gasteiger partial charge on any atom is -0.297 e. The minimum atomic E-state index is -0.359. The van der Waals surface area contributed by atoms with E-state index in [2.05, 4.69) is 26.4 Å². The van der Waals surface area contributed by atoms with Gasteiger partial charge in [0.15, 0.2) is 0 Å². The van der Waals surface area contributed by atoms with Crippen LogP contribution in [0.4, 0.5) is 15.6 Å². The van der Waals surface area contributed by atoms with Gasteiger partial charge in [-0.1, -0.05) is 29.5 Å². The highest BCUT2D eigenvalue weighted by Crippen LogP contribution is 2.41. The summed E-state index contributed by atoms with van der Waals surface area (Å²) in [6.07, 6.45) is 2.35. The van der Waals surface area contributed by atoms with E-state index in [9.17, 15) is 4.79 Å². The normalized spacial score (nSPS) is 13.9. The van der Waals surface area contributed by atoms with Crippen LogP contribution in [0.3, 0.4) is 0 Å². The van der Waals surface area contributed by atoms with Gasteiger partial charge in [-0.15, -0.1) is 10.2 Å². The fourth-order valence-electron chi connectivity index (χ4n) is 1.56. The molecular formula is C12H13N5OS. The zero-order chi connectivity index (χ0) is 13.1. The monoisotopic (exact) mass is 275 g/mol. The topological polar surface area (TPSA) is 78.9 Å². The number of para-hydroxylation sites is 1. The van der Waals surface area contributed by atoms with Crippen LogP contribution >= 0.6 is 11.3 Å². The summed E-state index contributed by atoms with van der Waals surface area (Å²) in [5, 5.41) is 12.2.